The Bertz CT molecular complexity index is 2390. The van der Waals surface area contributed by atoms with Gasteiger partial charge in [0.15, 0.2) is 0 Å². The average Bonchev–Trinajstić information content (AvgIpc) is 3.59. The van der Waals surface area contributed by atoms with Gasteiger partial charge in [-0.2, -0.15) is 0 Å². The minimum Gasteiger partial charge on any atom is -0.455 e. The number of fused-ring (bicyclic) bond motifs is 8. The molecule has 196 valence electrons. The second-order valence-corrected chi connectivity index (χ2v) is 11.0. The molecule has 0 atom stereocenters. The number of para-hydroxylation sites is 1. The summed E-state index contributed by atoms with van der Waals surface area (Å²) in [7, 11) is 0. The van der Waals surface area contributed by atoms with Crippen LogP contribution in [0.5, 0.6) is 0 Å². The smallest absolute Gasteiger partial charge is 0.143 e. The van der Waals surface area contributed by atoms with Gasteiger partial charge in [0.25, 0.3) is 0 Å². The van der Waals surface area contributed by atoms with E-state index >= 15 is 0 Å². The third-order valence-electron chi connectivity index (χ3n) is 8.55. The molecule has 42 heavy (non-hydrogen) atoms. The van der Waals surface area contributed by atoms with Crippen LogP contribution in [0.3, 0.4) is 0 Å². The van der Waals surface area contributed by atoms with Crippen molar-refractivity contribution < 1.29 is 4.42 Å². The first-order valence-corrected chi connectivity index (χ1v) is 14.4. The highest BCUT2D eigenvalue weighted by molar-refractivity contribution is 6.20. The molecule has 0 unspecified atom stereocenters. The molecule has 2 nitrogen and oxygen atoms in total. The predicted octanol–water partition coefficient (Wildman–Crippen LogP) is 11.2. The molecular formula is C40H25NO. The molecule has 0 fully saturated rings. The van der Waals surface area contributed by atoms with Gasteiger partial charge in [-0.05, 0) is 64.0 Å². The van der Waals surface area contributed by atoms with Gasteiger partial charge in [0.2, 0.25) is 0 Å². The summed E-state index contributed by atoms with van der Waals surface area (Å²) in [6, 6.07) is 54.3. The summed E-state index contributed by atoms with van der Waals surface area (Å²) in [5.41, 5.74) is 10.1. The molecule has 0 saturated heterocycles. The Kier molecular flexibility index (Phi) is 4.93. The maximum absolute atomic E-state index is 6.63. The summed E-state index contributed by atoms with van der Waals surface area (Å²) in [5, 5.41) is 7.09. The molecule has 0 N–H and O–H groups in total. The van der Waals surface area contributed by atoms with Crippen molar-refractivity contribution in [3.8, 4) is 27.9 Å². The zero-order valence-corrected chi connectivity index (χ0v) is 22.8. The fourth-order valence-electron chi connectivity index (χ4n) is 6.58. The fraction of sp³-hybridized carbons (Fsp3) is 0. The zero-order chi connectivity index (χ0) is 27.6. The van der Waals surface area contributed by atoms with E-state index in [4.69, 9.17) is 4.42 Å². The third kappa shape index (κ3) is 3.45. The van der Waals surface area contributed by atoms with Crippen LogP contribution < -0.4 is 0 Å². The molecule has 9 rings (SSSR count). The Hall–Kier alpha value is -5.60. The van der Waals surface area contributed by atoms with Crippen molar-refractivity contribution >= 4 is 54.5 Å². The van der Waals surface area contributed by atoms with Crippen molar-refractivity contribution in [2.45, 2.75) is 0 Å². The van der Waals surface area contributed by atoms with Gasteiger partial charge in [-0.3, -0.25) is 0 Å². The highest BCUT2D eigenvalue weighted by atomic mass is 16.3. The molecule has 0 aliphatic rings. The third-order valence-corrected chi connectivity index (χ3v) is 8.55. The Morgan fingerprint density at radius 2 is 1.02 bits per heavy atom. The van der Waals surface area contributed by atoms with Gasteiger partial charge in [0, 0.05) is 38.7 Å². The van der Waals surface area contributed by atoms with E-state index in [0.717, 1.165) is 38.5 Å². The number of furan rings is 1. The SMILES string of the molecule is c1ccc(-c2cc(-c3ccccc3)cc(-n3c4ccccc4c4cc5c(cc43)oc3c4ccccc4ccc53)c2)cc1. The van der Waals surface area contributed by atoms with E-state index in [-0.39, 0.29) is 0 Å². The van der Waals surface area contributed by atoms with E-state index in [1.165, 1.54) is 43.9 Å². The lowest BCUT2D eigenvalue weighted by molar-refractivity contribution is 0.673. The Morgan fingerprint density at radius 3 is 1.76 bits per heavy atom. The quantitative estimate of drug-likeness (QED) is 0.220. The average molecular weight is 536 g/mol. The van der Waals surface area contributed by atoms with E-state index in [9.17, 15) is 0 Å². The standard InChI is InChI=1S/C40H25NO/c1-3-11-26(12-4-1)29-21-30(27-13-5-2-6-14-27)23-31(22-29)41-37-18-10-9-17-33(37)35-24-36-34-20-19-28-15-7-8-16-32(28)40(34)42-39(36)25-38(35)41/h1-25H. The van der Waals surface area contributed by atoms with Crippen molar-refractivity contribution in [1.29, 1.82) is 0 Å². The number of nitrogens with zero attached hydrogens (tertiary/aromatic N) is 1. The highest BCUT2D eigenvalue weighted by Gasteiger charge is 2.18. The van der Waals surface area contributed by atoms with Gasteiger partial charge in [0.1, 0.15) is 11.2 Å². The molecular weight excluding hydrogens is 510 g/mol. The topological polar surface area (TPSA) is 18.1 Å². The summed E-state index contributed by atoms with van der Waals surface area (Å²) in [4.78, 5) is 0. The zero-order valence-electron chi connectivity index (χ0n) is 22.8. The van der Waals surface area contributed by atoms with Crippen molar-refractivity contribution in [2.75, 3.05) is 0 Å². The summed E-state index contributed by atoms with van der Waals surface area (Å²) in [6.07, 6.45) is 0. The Labute approximate surface area is 242 Å². The van der Waals surface area contributed by atoms with Crippen LogP contribution in [0.1, 0.15) is 0 Å². The molecule has 0 radical (unpaired) electrons. The number of hydrogen-bond acceptors (Lipinski definition) is 1. The van der Waals surface area contributed by atoms with Gasteiger partial charge >= 0.3 is 0 Å². The minimum absolute atomic E-state index is 0.903. The van der Waals surface area contributed by atoms with Crippen LogP contribution >= 0.6 is 0 Å². The summed E-state index contributed by atoms with van der Waals surface area (Å²) in [5.74, 6) is 0. The Balaban J connectivity index is 1.38. The van der Waals surface area contributed by atoms with Gasteiger partial charge in [-0.25, -0.2) is 0 Å². The van der Waals surface area contributed by atoms with Crippen LogP contribution in [0.15, 0.2) is 156 Å². The van der Waals surface area contributed by atoms with Crippen LogP contribution in [0.4, 0.5) is 0 Å². The fourth-order valence-corrected chi connectivity index (χ4v) is 6.58. The molecule has 7 aromatic carbocycles. The first-order valence-electron chi connectivity index (χ1n) is 14.4. The van der Waals surface area contributed by atoms with E-state index in [1.807, 2.05) is 0 Å². The lowest BCUT2D eigenvalue weighted by atomic mass is 9.98. The summed E-state index contributed by atoms with van der Waals surface area (Å²) < 4.78 is 9.03. The second-order valence-electron chi connectivity index (χ2n) is 11.0. The minimum atomic E-state index is 0.903. The van der Waals surface area contributed by atoms with E-state index in [1.54, 1.807) is 0 Å². The first-order chi connectivity index (χ1) is 20.8. The molecule has 2 heterocycles. The number of benzene rings is 7. The van der Waals surface area contributed by atoms with Crippen LogP contribution in [-0.4, -0.2) is 4.57 Å². The maximum Gasteiger partial charge on any atom is 0.143 e. The number of hydrogen-bond donors (Lipinski definition) is 0. The van der Waals surface area contributed by atoms with Gasteiger partial charge < -0.3 is 8.98 Å². The van der Waals surface area contributed by atoms with E-state index in [0.29, 0.717) is 0 Å². The maximum atomic E-state index is 6.63. The monoisotopic (exact) mass is 535 g/mol. The molecule has 2 aromatic heterocycles. The van der Waals surface area contributed by atoms with Crippen LogP contribution in [0.2, 0.25) is 0 Å². The highest BCUT2D eigenvalue weighted by Crippen LogP contribution is 2.41. The molecule has 0 spiro atoms. The number of aromatic nitrogens is 1. The lowest BCUT2D eigenvalue weighted by Gasteiger charge is -2.14. The Morgan fingerprint density at radius 1 is 0.381 bits per heavy atom. The van der Waals surface area contributed by atoms with Crippen molar-refractivity contribution in [2.24, 2.45) is 0 Å². The molecule has 9 aromatic rings. The lowest BCUT2D eigenvalue weighted by Crippen LogP contribution is -1.96. The van der Waals surface area contributed by atoms with Crippen molar-refractivity contribution in [3.63, 3.8) is 0 Å². The van der Waals surface area contributed by atoms with Gasteiger partial charge in [-0.15, -0.1) is 0 Å². The molecule has 0 amide bonds. The van der Waals surface area contributed by atoms with Crippen molar-refractivity contribution in [1.82, 2.24) is 4.57 Å². The van der Waals surface area contributed by atoms with Crippen LogP contribution in [0, 0.1) is 0 Å². The molecule has 0 aliphatic carbocycles. The second kappa shape index (κ2) is 8.95. The molecule has 0 bridgehead atoms. The van der Waals surface area contributed by atoms with Gasteiger partial charge in [-0.1, -0.05) is 109 Å². The predicted molar refractivity (Wildman–Crippen MR) is 176 cm³/mol. The van der Waals surface area contributed by atoms with Crippen molar-refractivity contribution in [3.05, 3.63) is 152 Å². The molecule has 2 heteroatoms. The summed E-state index contributed by atoms with van der Waals surface area (Å²) in [6.45, 7) is 0. The van der Waals surface area contributed by atoms with Gasteiger partial charge in [0.05, 0.1) is 11.0 Å². The summed E-state index contributed by atoms with van der Waals surface area (Å²) >= 11 is 0. The molecule has 0 aliphatic heterocycles. The van der Waals surface area contributed by atoms with Crippen LogP contribution in [0.25, 0.3) is 82.5 Å². The molecule has 0 saturated carbocycles. The van der Waals surface area contributed by atoms with E-state index < -0.39 is 0 Å². The first kappa shape index (κ1) is 23.1. The normalized spacial score (nSPS) is 11.8. The van der Waals surface area contributed by atoms with E-state index in [2.05, 4.69) is 156 Å². The number of rotatable bonds is 3. The largest absolute Gasteiger partial charge is 0.455 e. The van der Waals surface area contributed by atoms with Crippen LogP contribution in [-0.2, 0) is 0 Å².